The SMILES string of the molecule is CC(C)(C)OC(=O)[C@@H](Cc1cccc(Br)c1)[C@H]1CCN(C(=O)OC(C)(C)C)C1. The molecule has 0 unspecified atom stereocenters. The molecule has 28 heavy (non-hydrogen) atoms. The summed E-state index contributed by atoms with van der Waals surface area (Å²) in [6.45, 7) is 12.3. The molecule has 1 amide bonds. The highest BCUT2D eigenvalue weighted by Gasteiger charge is 2.39. The predicted molar refractivity (Wildman–Crippen MR) is 113 cm³/mol. The minimum Gasteiger partial charge on any atom is -0.460 e. The molecule has 5 nitrogen and oxygen atoms in total. The van der Waals surface area contributed by atoms with E-state index in [4.69, 9.17) is 9.47 Å². The first kappa shape index (κ1) is 22.7. The Hall–Kier alpha value is -1.56. The Morgan fingerprint density at radius 1 is 1.14 bits per heavy atom. The molecule has 0 aliphatic carbocycles. The van der Waals surface area contributed by atoms with Crippen molar-refractivity contribution in [2.45, 2.75) is 65.6 Å². The van der Waals surface area contributed by atoms with Crippen LogP contribution in [0, 0.1) is 11.8 Å². The number of carbonyl (C=O) groups excluding carboxylic acids is 2. The van der Waals surface area contributed by atoms with Crippen LogP contribution in [0.1, 0.15) is 53.5 Å². The molecule has 0 radical (unpaired) electrons. The zero-order valence-electron chi connectivity index (χ0n) is 17.8. The van der Waals surface area contributed by atoms with Gasteiger partial charge >= 0.3 is 12.1 Å². The molecule has 0 saturated carbocycles. The van der Waals surface area contributed by atoms with E-state index >= 15 is 0 Å². The Bertz CT molecular complexity index is 705. The number of amides is 1. The van der Waals surface area contributed by atoms with Gasteiger partial charge in [-0.1, -0.05) is 28.1 Å². The summed E-state index contributed by atoms with van der Waals surface area (Å²) in [5.74, 6) is -0.467. The summed E-state index contributed by atoms with van der Waals surface area (Å²) in [5.41, 5.74) is -0.00694. The standard InChI is InChI=1S/C22H32BrNO4/c1-21(2,3)27-19(25)18(13-15-8-7-9-17(23)12-15)16-10-11-24(14-16)20(26)28-22(4,5)6/h7-9,12,16,18H,10-11,13-14H2,1-6H3/t16-,18-/m0/s1. The Labute approximate surface area is 176 Å². The molecule has 0 N–H and O–H groups in total. The number of hydrogen-bond donors (Lipinski definition) is 0. The van der Waals surface area contributed by atoms with Crippen LogP contribution in [-0.4, -0.2) is 41.3 Å². The third-order valence-electron chi connectivity index (χ3n) is 4.50. The van der Waals surface area contributed by atoms with E-state index in [2.05, 4.69) is 15.9 Å². The molecular formula is C22H32BrNO4. The molecule has 156 valence electrons. The topological polar surface area (TPSA) is 55.8 Å². The number of rotatable bonds is 4. The van der Waals surface area contributed by atoms with Gasteiger partial charge in [-0.25, -0.2) is 4.79 Å². The minimum atomic E-state index is -0.546. The number of likely N-dealkylation sites (tertiary alicyclic amines) is 1. The van der Waals surface area contributed by atoms with Crippen molar-refractivity contribution in [3.63, 3.8) is 0 Å². The van der Waals surface area contributed by atoms with Crippen LogP contribution < -0.4 is 0 Å². The van der Waals surface area contributed by atoms with Gasteiger partial charge < -0.3 is 14.4 Å². The van der Waals surface area contributed by atoms with E-state index in [0.717, 1.165) is 16.5 Å². The van der Waals surface area contributed by atoms with Crippen LogP contribution in [0.25, 0.3) is 0 Å². The van der Waals surface area contributed by atoms with E-state index in [1.807, 2.05) is 65.8 Å². The van der Waals surface area contributed by atoms with Gasteiger partial charge in [0.15, 0.2) is 0 Å². The summed E-state index contributed by atoms with van der Waals surface area (Å²) in [4.78, 5) is 27.1. The Morgan fingerprint density at radius 2 is 1.79 bits per heavy atom. The Balaban J connectivity index is 2.15. The zero-order valence-corrected chi connectivity index (χ0v) is 19.3. The third kappa shape index (κ3) is 7.12. The molecule has 2 atom stereocenters. The van der Waals surface area contributed by atoms with Gasteiger partial charge in [0.25, 0.3) is 0 Å². The second-order valence-electron chi connectivity index (χ2n) is 9.45. The van der Waals surface area contributed by atoms with Crippen LogP contribution in [0.2, 0.25) is 0 Å². The Morgan fingerprint density at radius 3 is 2.36 bits per heavy atom. The van der Waals surface area contributed by atoms with Crippen molar-refractivity contribution in [2.24, 2.45) is 11.8 Å². The average molecular weight is 454 g/mol. The van der Waals surface area contributed by atoms with Gasteiger partial charge in [-0.05, 0) is 78.0 Å². The van der Waals surface area contributed by atoms with E-state index in [1.165, 1.54) is 0 Å². The van der Waals surface area contributed by atoms with Crippen molar-refractivity contribution < 1.29 is 19.1 Å². The number of nitrogens with zero attached hydrogens (tertiary/aromatic N) is 1. The maximum atomic E-state index is 13.0. The molecule has 1 fully saturated rings. The lowest BCUT2D eigenvalue weighted by molar-refractivity contribution is -0.161. The fourth-order valence-electron chi connectivity index (χ4n) is 3.35. The fourth-order valence-corrected chi connectivity index (χ4v) is 3.79. The highest BCUT2D eigenvalue weighted by atomic mass is 79.9. The molecular weight excluding hydrogens is 422 g/mol. The maximum absolute atomic E-state index is 13.0. The molecule has 2 rings (SSSR count). The molecule has 0 bridgehead atoms. The van der Waals surface area contributed by atoms with Crippen LogP contribution in [0.5, 0.6) is 0 Å². The molecule has 1 aromatic rings. The largest absolute Gasteiger partial charge is 0.460 e. The van der Waals surface area contributed by atoms with E-state index in [9.17, 15) is 9.59 Å². The Kier molecular flexibility index (Phi) is 7.18. The summed E-state index contributed by atoms with van der Waals surface area (Å²) in [7, 11) is 0. The summed E-state index contributed by atoms with van der Waals surface area (Å²) in [6, 6.07) is 7.97. The van der Waals surface area contributed by atoms with Crippen LogP contribution in [0.15, 0.2) is 28.7 Å². The van der Waals surface area contributed by atoms with E-state index < -0.39 is 11.2 Å². The molecule has 0 aromatic heterocycles. The summed E-state index contributed by atoms with van der Waals surface area (Å²) in [5, 5.41) is 0. The highest BCUT2D eigenvalue weighted by Crippen LogP contribution is 2.31. The molecule has 0 spiro atoms. The molecule has 6 heteroatoms. The molecule has 1 heterocycles. The van der Waals surface area contributed by atoms with Crippen molar-refractivity contribution in [1.82, 2.24) is 4.90 Å². The summed E-state index contributed by atoms with van der Waals surface area (Å²) >= 11 is 3.49. The lowest BCUT2D eigenvalue weighted by Crippen LogP contribution is -2.38. The van der Waals surface area contributed by atoms with Crippen molar-refractivity contribution in [3.05, 3.63) is 34.3 Å². The molecule has 1 aliphatic rings. The van der Waals surface area contributed by atoms with Gasteiger partial charge in [-0.3, -0.25) is 4.79 Å². The zero-order chi connectivity index (χ0) is 21.1. The smallest absolute Gasteiger partial charge is 0.410 e. The highest BCUT2D eigenvalue weighted by molar-refractivity contribution is 9.10. The van der Waals surface area contributed by atoms with Gasteiger partial charge in [0, 0.05) is 17.6 Å². The molecule has 1 aliphatic heterocycles. The fraction of sp³-hybridized carbons (Fsp3) is 0.636. The van der Waals surface area contributed by atoms with Gasteiger partial charge in [0.05, 0.1) is 5.92 Å². The minimum absolute atomic E-state index is 0.0429. The van der Waals surface area contributed by atoms with Crippen LogP contribution in [-0.2, 0) is 20.7 Å². The number of esters is 1. The second kappa shape index (κ2) is 8.85. The number of halogens is 1. The van der Waals surface area contributed by atoms with Gasteiger partial charge in [0.1, 0.15) is 11.2 Å². The summed E-state index contributed by atoms with van der Waals surface area (Å²) < 4.78 is 12.2. The van der Waals surface area contributed by atoms with Crippen molar-refractivity contribution in [3.8, 4) is 0 Å². The predicted octanol–water partition coefficient (Wildman–Crippen LogP) is 5.21. The van der Waals surface area contributed by atoms with Crippen molar-refractivity contribution >= 4 is 28.0 Å². The van der Waals surface area contributed by atoms with Gasteiger partial charge in [0.2, 0.25) is 0 Å². The first-order valence-corrected chi connectivity index (χ1v) is 10.6. The first-order valence-electron chi connectivity index (χ1n) is 9.79. The van der Waals surface area contributed by atoms with Gasteiger partial charge in [-0.2, -0.15) is 0 Å². The number of benzene rings is 1. The lowest BCUT2D eigenvalue weighted by atomic mass is 9.86. The van der Waals surface area contributed by atoms with Crippen LogP contribution >= 0.6 is 15.9 Å². The quantitative estimate of drug-likeness (QED) is 0.587. The van der Waals surface area contributed by atoms with Crippen LogP contribution in [0.3, 0.4) is 0 Å². The summed E-state index contributed by atoms with van der Waals surface area (Å²) in [6.07, 6.45) is 1.03. The van der Waals surface area contributed by atoms with E-state index in [-0.39, 0.29) is 23.9 Å². The lowest BCUT2D eigenvalue weighted by Gasteiger charge is -2.28. The van der Waals surface area contributed by atoms with Crippen molar-refractivity contribution in [2.75, 3.05) is 13.1 Å². The number of ether oxygens (including phenoxy) is 2. The number of carbonyl (C=O) groups is 2. The first-order chi connectivity index (χ1) is 12.8. The van der Waals surface area contributed by atoms with Crippen LogP contribution in [0.4, 0.5) is 4.79 Å². The normalized spacial score (nSPS) is 18.7. The average Bonchev–Trinajstić information content (AvgIpc) is 2.99. The second-order valence-corrected chi connectivity index (χ2v) is 10.4. The van der Waals surface area contributed by atoms with Gasteiger partial charge in [-0.15, -0.1) is 0 Å². The van der Waals surface area contributed by atoms with Crippen molar-refractivity contribution in [1.29, 1.82) is 0 Å². The molecule has 1 aromatic carbocycles. The monoisotopic (exact) mass is 453 g/mol. The molecule has 1 saturated heterocycles. The van der Waals surface area contributed by atoms with E-state index in [0.29, 0.717) is 19.5 Å². The third-order valence-corrected chi connectivity index (χ3v) is 4.99. The number of hydrogen-bond acceptors (Lipinski definition) is 4. The maximum Gasteiger partial charge on any atom is 0.410 e. The van der Waals surface area contributed by atoms with E-state index in [1.54, 1.807) is 4.90 Å².